The van der Waals surface area contributed by atoms with E-state index in [0.717, 1.165) is 5.56 Å². The van der Waals surface area contributed by atoms with E-state index in [4.69, 9.17) is 4.74 Å². The van der Waals surface area contributed by atoms with Crippen molar-refractivity contribution in [1.29, 1.82) is 0 Å². The largest absolute Gasteiger partial charge is 0.481 e. The van der Waals surface area contributed by atoms with Gasteiger partial charge in [-0.15, -0.1) is 24.0 Å². The molecule has 1 fully saturated rings. The number of nitrogens with one attached hydrogen (secondary N) is 1. The summed E-state index contributed by atoms with van der Waals surface area (Å²) in [6, 6.07) is 2.29. The molecule has 1 aromatic rings. The van der Waals surface area contributed by atoms with Gasteiger partial charge in [0, 0.05) is 51.5 Å². The minimum Gasteiger partial charge on any atom is -0.481 e. The number of halogens is 4. The van der Waals surface area contributed by atoms with Crippen LogP contribution in [0.3, 0.4) is 0 Å². The van der Waals surface area contributed by atoms with Gasteiger partial charge in [-0.05, 0) is 13.0 Å². The second-order valence-corrected chi connectivity index (χ2v) is 5.81. The van der Waals surface area contributed by atoms with Gasteiger partial charge in [0.25, 0.3) is 0 Å². The Hall–Kier alpha value is -1.30. The predicted molar refractivity (Wildman–Crippen MR) is 105 cm³/mol. The highest BCUT2D eigenvalue weighted by atomic mass is 127. The summed E-state index contributed by atoms with van der Waals surface area (Å²) in [7, 11) is 3.22. The summed E-state index contributed by atoms with van der Waals surface area (Å²) in [6.45, 7) is 3.35. The van der Waals surface area contributed by atoms with Crippen LogP contribution >= 0.6 is 24.0 Å². The zero-order valence-corrected chi connectivity index (χ0v) is 17.4. The first-order valence-corrected chi connectivity index (χ1v) is 8.11. The normalized spacial score (nSPS) is 17.5. The third-order valence-electron chi connectivity index (χ3n) is 4.33. The molecule has 0 spiro atoms. The number of alkyl halides is 3. The molecule has 0 amide bonds. The molecule has 26 heavy (non-hydrogen) atoms. The fourth-order valence-electron chi connectivity index (χ4n) is 2.78. The Labute approximate surface area is 168 Å². The molecule has 1 aliphatic heterocycles. The highest BCUT2D eigenvalue weighted by Gasteiger charge is 2.41. The van der Waals surface area contributed by atoms with E-state index >= 15 is 0 Å². The highest BCUT2D eigenvalue weighted by Crippen LogP contribution is 2.25. The molecule has 148 valence electrons. The van der Waals surface area contributed by atoms with E-state index in [1.54, 1.807) is 20.4 Å². The van der Waals surface area contributed by atoms with E-state index in [2.05, 4.69) is 15.3 Å². The fraction of sp³-hybridized carbons (Fsp3) is 0.625. The molecule has 1 N–H and O–H groups in total. The van der Waals surface area contributed by atoms with Crippen molar-refractivity contribution in [3.8, 4) is 5.88 Å². The van der Waals surface area contributed by atoms with E-state index < -0.39 is 12.2 Å². The van der Waals surface area contributed by atoms with Gasteiger partial charge in [-0.25, -0.2) is 4.98 Å². The maximum atomic E-state index is 12.8. The molecule has 6 nitrogen and oxygen atoms in total. The number of hydrogen-bond acceptors (Lipinski definition) is 4. The summed E-state index contributed by atoms with van der Waals surface area (Å²) in [5.41, 5.74) is 0.885. The Morgan fingerprint density at radius 1 is 1.35 bits per heavy atom. The van der Waals surface area contributed by atoms with Crippen molar-refractivity contribution in [1.82, 2.24) is 20.1 Å². The second-order valence-electron chi connectivity index (χ2n) is 5.81. The van der Waals surface area contributed by atoms with Crippen molar-refractivity contribution in [2.75, 3.05) is 40.3 Å². The van der Waals surface area contributed by atoms with Gasteiger partial charge in [-0.3, -0.25) is 9.89 Å². The first kappa shape index (κ1) is 22.7. The quantitative estimate of drug-likeness (QED) is 0.402. The lowest BCUT2D eigenvalue weighted by Crippen LogP contribution is -2.56. The maximum Gasteiger partial charge on any atom is 0.403 e. The van der Waals surface area contributed by atoms with Crippen LogP contribution in [0.5, 0.6) is 5.88 Å². The smallest absolute Gasteiger partial charge is 0.403 e. The monoisotopic (exact) mass is 487 g/mol. The van der Waals surface area contributed by atoms with E-state index in [0.29, 0.717) is 44.6 Å². The molecular weight excluding hydrogens is 462 g/mol. The third kappa shape index (κ3) is 5.86. The van der Waals surface area contributed by atoms with E-state index in [1.807, 2.05) is 17.0 Å². The summed E-state index contributed by atoms with van der Waals surface area (Å²) >= 11 is 0. The van der Waals surface area contributed by atoms with E-state index in [9.17, 15) is 13.2 Å². The maximum absolute atomic E-state index is 12.8. The Bertz CT molecular complexity index is 591. The highest BCUT2D eigenvalue weighted by molar-refractivity contribution is 14.0. The second kappa shape index (κ2) is 10.1. The van der Waals surface area contributed by atoms with Crippen LogP contribution in [0.25, 0.3) is 0 Å². The number of aromatic nitrogens is 1. The summed E-state index contributed by atoms with van der Waals surface area (Å²) < 4.78 is 43.7. The molecule has 0 aliphatic carbocycles. The molecule has 1 aromatic heterocycles. The molecule has 1 atom stereocenters. The van der Waals surface area contributed by atoms with Crippen molar-refractivity contribution in [3.63, 3.8) is 0 Å². The lowest BCUT2D eigenvalue weighted by Gasteiger charge is -2.39. The molecule has 0 saturated carbocycles. The minimum atomic E-state index is -4.20. The number of ether oxygens (including phenoxy) is 1. The summed E-state index contributed by atoms with van der Waals surface area (Å²) in [4.78, 5) is 11.8. The predicted octanol–water partition coefficient (Wildman–Crippen LogP) is 2.35. The molecule has 10 heteroatoms. The van der Waals surface area contributed by atoms with Gasteiger partial charge >= 0.3 is 6.18 Å². The Balaban J connectivity index is 0.00000338. The Morgan fingerprint density at radius 2 is 2.00 bits per heavy atom. The number of rotatable bonds is 4. The van der Waals surface area contributed by atoms with Gasteiger partial charge in [0.15, 0.2) is 5.96 Å². The number of methoxy groups -OCH3 is 1. The number of nitrogens with zero attached hydrogens (tertiary/aromatic N) is 4. The van der Waals surface area contributed by atoms with Gasteiger partial charge < -0.3 is 15.0 Å². The topological polar surface area (TPSA) is 53.0 Å². The molecular formula is C16H25F3IN5O. The number of hydrogen-bond donors (Lipinski definition) is 1. The third-order valence-corrected chi connectivity index (χ3v) is 4.33. The zero-order valence-electron chi connectivity index (χ0n) is 15.1. The Kier molecular flexibility index (Phi) is 8.87. The summed E-state index contributed by atoms with van der Waals surface area (Å²) in [5, 5.41) is 3.22. The fourth-order valence-corrected chi connectivity index (χ4v) is 2.78. The zero-order chi connectivity index (χ0) is 18.4. The van der Waals surface area contributed by atoms with Crippen LogP contribution in [-0.4, -0.2) is 73.3 Å². The molecule has 1 unspecified atom stereocenters. The lowest BCUT2D eigenvalue weighted by atomic mass is 10.2. The summed E-state index contributed by atoms with van der Waals surface area (Å²) in [5.74, 6) is 1.19. The SMILES string of the molecule is CN=C(NCc1cccnc1OC)N1CCN(C(C)C(F)(F)F)CC1.I. The first-order valence-electron chi connectivity index (χ1n) is 8.11. The van der Waals surface area contributed by atoms with Crippen LogP contribution < -0.4 is 10.1 Å². The molecule has 0 aromatic carbocycles. The van der Waals surface area contributed by atoms with Gasteiger partial charge in [-0.1, -0.05) is 6.07 Å². The van der Waals surface area contributed by atoms with Crippen molar-refractivity contribution in [2.45, 2.75) is 25.7 Å². The Morgan fingerprint density at radius 3 is 2.54 bits per heavy atom. The van der Waals surface area contributed by atoms with Gasteiger partial charge in [0.2, 0.25) is 5.88 Å². The van der Waals surface area contributed by atoms with Crippen LogP contribution in [0, 0.1) is 0 Å². The number of guanidine groups is 1. The van der Waals surface area contributed by atoms with E-state index in [-0.39, 0.29) is 24.0 Å². The van der Waals surface area contributed by atoms with Crippen LogP contribution in [0.4, 0.5) is 13.2 Å². The average molecular weight is 487 g/mol. The molecule has 0 radical (unpaired) electrons. The summed E-state index contributed by atoms with van der Waals surface area (Å²) in [6.07, 6.45) is -2.54. The first-order chi connectivity index (χ1) is 11.9. The number of aliphatic imine (C=N–C) groups is 1. The van der Waals surface area contributed by atoms with Gasteiger partial charge in [-0.2, -0.15) is 13.2 Å². The van der Waals surface area contributed by atoms with Crippen molar-refractivity contribution >= 4 is 29.9 Å². The van der Waals surface area contributed by atoms with Crippen molar-refractivity contribution in [3.05, 3.63) is 23.9 Å². The van der Waals surface area contributed by atoms with Crippen LogP contribution in [0.2, 0.25) is 0 Å². The molecule has 1 saturated heterocycles. The standard InChI is InChI=1S/C16H24F3N5O.HI/c1-12(16(17,18)19)23-7-9-24(10-8-23)15(20-2)22-11-13-5-4-6-21-14(13)25-3;/h4-6,12H,7-11H2,1-3H3,(H,20,22);1H. The van der Waals surface area contributed by atoms with Crippen molar-refractivity contribution < 1.29 is 17.9 Å². The van der Waals surface area contributed by atoms with E-state index in [1.165, 1.54) is 11.8 Å². The van der Waals surface area contributed by atoms with Crippen LogP contribution in [-0.2, 0) is 6.54 Å². The van der Waals surface area contributed by atoms with Crippen molar-refractivity contribution in [2.24, 2.45) is 4.99 Å². The van der Waals surface area contributed by atoms with Gasteiger partial charge in [0.05, 0.1) is 7.11 Å². The molecule has 2 heterocycles. The number of pyridine rings is 1. The average Bonchev–Trinajstić information content (AvgIpc) is 2.61. The number of piperazine rings is 1. The molecule has 0 bridgehead atoms. The molecule has 2 rings (SSSR count). The van der Waals surface area contributed by atoms with Gasteiger partial charge in [0.1, 0.15) is 6.04 Å². The minimum absolute atomic E-state index is 0. The lowest BCUT2D eigenvalue weighted by molar-refractivity contribution is -0.181. The van der Waals surface area contributed by atoms with Crippen LogP contribution in [0.15, 0.2) is 23.3 Å². The van der Waals surface area contributed by atoms with Crippen LogP contribution in [0.1, 0.15) is 12.5 Å². The molecule has 1 aliphatic rings.